The van der Waals surface area contributed by atoms with Crippen LogP contribution in [0.1, 0.15) is 65.3 Å². The van der Waals surface area contributed by atoms with Gasteiger partial charge in [-0.25, -0.2) is 14.6 Å². The first-order valence-electron chi connectivity index (χ1n) is 13.3. The van der Waals surface area contributed by atoms with Gasteiger partial charge in [-0.05, 0) is 35.2 Å². The molecule has 2 N–H and O–H groups in total. The van der Waals surface area contributed by atoms with Crippen LogP contribution in [0.15, 0.2) is 62.2 Å². The van der Waals surface area contributed by atoms with Crippen molar-refractivity contribution in [3.05, 3.63) is 93.4 Å². The van der Waals surface area contributed by atoms with Gasteiger partial charge in [0.1, 0.15) is 5.82 Å². The van der Waals surface area contributed by atoms with E-state index >= 15 is 0 Å². The van der Waals surface area contributed by atoms with Gasteiger partial charge in [0.25, 0.3) is 0 Å². The molecule has 12 nitrogen and oxygen atoms in total. The summed E-state index contributed by atoms with van der Waals surface area (Å²) in [7, 11) is 0. The molecule has 0 spiro atoms. The van der Waals surface area contributed by atoms with Gasteiger partial charge < -0.3 is 23.2 Å². The molecule has 0 saturated carbocycles. The number of carbonyl (C=O) groups excluding carboxylic acids is 1. The third-order valence-corrected chi connectivity index (χ3v) is 6.77. The zero-order chi connectivity index (χ0) is 28.9. The van der Waals surface area contributed by atoms with E-state index in [1.54, 1.807) is 13.8 Å². The SMILES string of the molecule is CCCc1nc(C(C)CO)c(C(=O)OCc2oc(=O)oc2C)n1Cc1ccc(-c2ccccc2-c2nn[nH]n2)cc1. The van der Waals surface area contributed by atoms with Crippen molar-refractivity contribution in [3.63, 3.8) is 0 Å². The molecule has 3 aromatic heterocycles. The highest BCUT2D eigenvalue weighted by Crippen LogP contribution is 2.30. The molecule has 0 amide bonds. The minimum Gasteiger partial charge on any atom is -0.453 e. The van der Waals surface area contributed by atoms with E-state index < -0.39 is 17.7 Å². The van der Waals surface area contributed by atoms with Crippen molar-refractivity contribution in [2.75, 3.05) is 6.61 Å². The number of rotatable bonds is 11. The number of carbonyl (C=O) groups is 1. The lowest BCUT2D eigenvalue weighted by atomic mass is 9.98. The molecule has 0 aliphatic carbocycles. The monoisotopic (exact) mass is 558 g/mol. The minimum absolute atomic E-state index is 0.136. The average Bonchev–Trinajstić information content (AvgIpc) is 3.71. The number of aryl methyl sites for hydroxylation is 2. The molecule has 0 bridgehead atoms. The number of hydrogen-bond donors (Lipinski definition) is 2. The lowest BCUT2D eigenvalue weighted by molar-refractivity contribution is 0.0428. The molecular formula is C29H30N6O6. The van der Waals surface area contributed by atoms with E-state index in [1.165, 1.54) is 0 Å². The maximum Gasteiger partial charge on any atom is 0.519 e. The molecule has 3 heterocycles. The maximum absolute atomic E-state index is 13.5. The van der Waals surface area contributed by atoms with Gasteiger partial charge in [-0.15, -0.1) is 10.2 Å². The van der Waals surface area contributed by atoms with Gasteiger partial charge in [-0.3, -0.25) is 0 Å². The fraction of sp³-hybridized carbons (Fsp3) is 0.310. The quantitative estimate of drug-likeness (QED) is 0.226. The largest absolute Gasteiger partial charge is 0.519 e. The highest BCUT2D eigenvalue weighted by molar-refractivity contribution is 5.89. The summed E-state index contributed by atoms with van der Waals surface area (Å²) in [6.07, 6.45) is 1.44. The topological polar surface area (TPSA) is 162 Å². The number of esters is 1. The van der Waals surface area contributed by atoms with Crippen molar-refractivity contribution < 1.29 is 23.5 Å². The second-order valence-corrected chi connectivity index (χ2v) is 9.67. The van der Waals surface area contributed by atoms with Crippen molar-refractivity contribution in [1.82, 2.24) is 30.2 Å². The van der Waals surface area contributed by atoms with Crippen molar-refractivity contribution in [2.45, 2.75) is 52.7 Å². The molecule has 0 saturated heterocycles. The Kier molecular flexibility index (Phi) is 8.20. The summed E-state index contributed by atoms with van der Waals surface area (Å²) in [5.41, 5.74) is 4.43. The lowest BCUT2D eigenvalue weighted by Gasteiger charge is -2.14. The second-order valence-electron chi connectivity index (χ2n) is 9.67. The van der Waals surface area contributed by atoms with E-state index in [9.17, 15) is 14.7 Å². The predicted molar refractivity (Wildman–Crippen MR) is 147 cm³/mol. The summed E-state index contributed by atoms with van der Waals surface area (Å²) >= 11 is 0. The second kappa shape index (κ2) is 12.1. The van der Waals surface area contributed by atoms with Gasteiger partial charge in [0.05, 0.1) is 12.3 Å². The molecule has 212 valence electrons. The molecule has 0 aliphatic heterocycles. The van der Waals surface area contributed by atoms with Crippen LogP contribution in [0, 0.1) is 6.92 Å². The first-order chi connectivity index (χ1) is 19.9. The lowest BCUT2D eigenvalue weighted by Crippen LogP contribution is -2.18. The van der Waals surface area contributed by atoms with Gasteiger partial charge in [-0.1, -0.05) is 62.4 Å². The van der Waals surface area contributed by atoms with E-state index in [1.807, 2.05) is 60.0 Å². The number of aliphatic hydroxyl groups is 1. The Bertz CT molecular complexity index is 1680. The van der Waals surface area contributed by atoms with Crippen LogP contribution in [0.3, 0.4) is 0 Å². The van der Waals surface area contributed by atoms with Gasteiger partial charge in [-0.2, -0.15) is 5.21 Å². The summed E-state index contributed by atoms with van der Waals surface area (Å²) in [6.45, 7) is 5.29. The number of nitrogens with zero attached hydrogens (tertiary/aromatic N) is 5. The first kappa shape index (κ1) is 27.7. The number of aliphatic hydroxyl groups excluding tert-OH is 1. The Morgan fingerprint density at radius 3 is 2.51 bits per heavy atom. The number of aromatic amines is 1. The fourth-order valence-electron chi connectivity index (χ4n) is 4.63. The number of hydrogen-bond acceptors (Lipinski definition) is 10. The van der Waals surface area contributed by atoms with E-state index in [2.05, 4.69) is 20.6 Å². The summed E-state index contributed by atoms with van der Waals surface area (Å²) in [5, 5.41) is 24.3. The van der Waals surface area contributed by atoms with Crippen LogP contribution in [-0.4, -0.2) is 47.9 Å². The number of benzene rings is 2. The van der Waals surface area contributed by atoms with Gasteiger partial charge in [0.2, 0.25) is 5.82 Å². The fourth-order valence-corrected chi connectivity index (χ4v) is 4.63. The van der Waals surface area contributed by atoms with Gasteiger partial charge >= 0.3 is 11.8 Å². The number of nitrogens with one attached hydrogen (secondary N) is 1. The van der Waals surface area contributed by atoms with Crippen molar-refractivity contribution in [1.29, 1.82) is 0 Å². The van der Waals surface area contributed by atoms with Crippen LogP contribution in [-0.2, 0) is 24.3 Å². The number of imidazole rings is 1. The molecule has 12 heteroatoms. The zero-order valence-corrected chi connectivity index (χ0v) is 23.0. The summed E-state index contributed by atoms with van der Waals surface area (Å²) in [4.78, 5) is 29.6. The van der Waals surface area contributed by atoms with Crippen molar-refractivity contribution in [3.8, 4) is 22.5 Å². The standard InChI is InChI=1S/C29H30N6O6/c1-4-7-24-30-25(17(2)15-36)26(28(37)39-16-23-18(3)40-29(38)41-23)35(24)14-19-10-12-20(13-11-19)21-8-5-6-9-22(21)27-31-33-34-32-27/h5-6,8-13,17,36H,4,7,14-16H2,1-3H3,(H,31,32,33,34). The maximum atomic E-state index is 13.5. The third-order valence-electron chi connectivity index (χ3n) is 6.77. The highest BCUT2D eigenvalue weighted by Gasteiger charge is 2.28. The molecule has 41 heavy (non-hydrogen) atoms. The smallest absolute Gasteiger partial charge is 0.453 e. The molecule has 1 atom stereocenters. The molecule has 5 aromatic rings. The van der Waals surface area contributed by atoms with Crippen LogP contribution in [0.2, 0.25) is 0 Å². The van der Waals surface area contributed by atoms with Gasteiger partial charge in [0, 0.05) is 24.4 Å². The number of H-pyrrole nitrogens is 1. The van der Waals surface area contributed by atoms with Crippen LogP contribution >= 0.6 is 0 Å². The Labute approximate surface area is 235 Å². The number of ether oxygens (including phenoxy) is 1. The number of aromatic nitrogens is 6. The Morgan fingerprint density at radius 1 is 1.12 bits per heavy atom. The van der Waals surface area contributed by atoms with Crippen LogP contribution < -0.4 is 5.82 Å². The molecule has 2 aromatic carbocycles. The van der Waals surface area contributed by atoms with Crippen molar-refractivity contribution in [2.24, 2.45) is 0 Å². The van der Waals surface area contributed by atoms with E-state index in [0.29, 0.717) is 30.3 Å². The molecule has 0 fully saturated rings. The zero-order valence-electron chi connectivity index (χ0n) is 23.0. The molecule has 0 radical (unpaired) electrons. The van der Waals surface area contributed by atoms with Crippen LogP contribution in [0.25, 0.3) is 22.5 Å². The normalized spacial score (nSPS) is 12.0. The molecular weight excluding hydrogens is 528 g/mol. The first-order valence-corrected chi connectivity index (χ1v) is 13.3. The predicted octanol–water partition coefficient (Wildman–Crippen LogP) is 4.04. The molecule has 0 aliphatic rings. The average molecular weight is 559 g/mol. The van der Waals surface area contributed by atoms with E-state index in [4.69, 9.17) is 18.6 Å². The van der Waals surface area contributed by atoms with Crippen LogP contribution in [0.4, 0.5) is 0 Å². The summed E-state index contributed by atoms with van der Waals surface area (Å²) in [6, 6.07) is 15.8. The third kappa shape index (κ3) is 5.87. The van der Waals surface area contributed by atoms with Gasteiger partial charge in [0.15, 0.2) is 23.8 Å². The molecule has 1 unspecified atom stereocenters. The van der Waals surface area contributed by atoms with E-state index in [-0.39, 0.29) is 30.4 Å². The Hall–Kier alpha value is -4.84. The Balaban J connectivity index is 1.47. The van der Waals surface area contributed by atoms with Crippen molar-refractivity contribution >= 4 is 5.97 Å². The summed E-state index contributed by atoms with van der Waals surface area (Å²) < 4.78 is 17.2. The number of tetrazole rings is 1. The van der Waals surface area contributed by atoms with E-state index in [0.717, 1.165) is 28.7 Å². The Morgan fingerprint density at radius 2 is 1.88 bits per heavy atom. The van der Waals surface area contributed by atoms with Crippen LogP contribution in [0.5, 0.6) is 0 Å². The minimum atomic E-state index is -0.859. The molecule has 5 rings (SSSR count). The highest BCUT2D eigenvalue weighted by atomic mass is 16.6. The summed E-state index contributed by atoms with van der Waals surface area (Å²) in [5.74, 6) is -0.291.